The minimum absolute atomic E-state index is 0.0186. The summed E-state index contributed by atoms with van der Waals surface area (Å²) in [5, 5.41) is 13.5. The molecule has 0 fully saturated rings. The average Bonchev–Trinajstić information content (AvgIpc) is 2.62. The molecule has 1 amide bonds. The molecule has 1 atom stereocenters. The molecular weight excluding hydrogens is 408 g/mol. The van der Waals surface area contributed by atoms with E-state index in [4.69, 9.17) is 0 Å². The van der Waals surface area contributed by atoms with Gasteiger partial charge < -0.3 is 5.32 Å². The lowest BCUT2D eigenvalue weighted by molar-refractivity contribution is -0.384. The largest absolute Gasteiger partial charge is 0.324 e. The maximum atomic E-state index is 13.4. The Hall–Kier alpha value is -3.08. The maximum Gasteiger partial charge on any atom is 0.271 e. The van der Waals surface area contributed by atoms with Crippen LogP contribution >= 0.6 is 0 Å². The van der Waals surface area contributed by atoms with E-state index >= 15 is 0 Å². The van der Waals surface area contributed by atoms with Crippen molar-refractivity contribution in [3.63, 3.8) is 0 Å². The van der Waals surface area contributed by atoms with Crippen LogP contribution in [0.25, 0.3) is 0 Å². The van der Waals surface area contributed by atoms with Gasteiger partial charge in [-0.05, 0) is 31.0 Å². The maximum absolute atomic E-state index is 13.4. The molecule has 0 radical (unpaired) electrons. The summed E-state index contributed by atoms with van der Waals surface area (Å²) < 4.78 is 52.3. The first-order chi connectivity index (χ1) is 13.5. The predicted octanol–water partition coefficient (Wildman–Crippen LogP) is 3.36. The van der Waals surface area contributed by atoms with Crippen molar-refractivity contribution in [1.82, 2.24) is 0 Å². The van der Waals surface area contributed by atoms with Crippen molar-refractivity contribution >= 4 is 33.0 Å². The molecule has 0 bridgehead atoms. The molecular formula is C18H19F2N3O5S. The number of rotatable bonds is 7. The SMILES string of the molecule is CCC(C(=O)Nc1ccc(F)c(F)c1)N(c1cc([N+](=O)[O-])ccc1C)S(C)(=O)=O. The van der Waals surface area contributed by atoms with Crippen LogP contribution in [0.3, 0.4) is 0 Å². The summed E-state index contributed by atoms with van der Waals surface area (Å²) in [7, 11) is -4.03. The smallest absolute Gasteiger partial charge is 0.271 e. The number of non-ortho nitro benzene ring substituents is 1. The fourth-order valence-corrected chi connectivity index (χ4v) is 4.04. The van der Waals surface area contributed by atoms with Gasteiger partial charge in [0.1, 0.15) is 6.04 Å². The van der Waals surface area contributed by atoms with Crippen LogP contribution in [0.2, 0.25) is 0 Å². The third-order valence-electron chi connectivity index (χ3n) is 4.16. The number of sulfonamides is 1. The number of hydrogen-bond donors (Lipinski definition) is 1. The van der Waals surface area contributed by atoms with Gasteiger partial charge in [-0.1, -0.05) is 13.0 Å². The van der Waals surface area contributed by atoms with Gasteiger partial charge in [-0.2, -0.15) is 0 Å². The van der Waals surface area contributed by atoms with Crippen LogP contribution in [0, 0.1) is 28.7 Å². The van der Waals surface area contributed by atoms with E-state index in [0.29, 0.717) is 5.56 Å². The van der Waals surface area contributed by atoms with Crippen LogP contribution in [0.15, 0.2) is 36.4 Å². The summed E-state index contributed by atoms with van der Waals surface area (Å²) in [6, 6.07) is 5.12. The van der Waals surface area contributed by atoms with E-state index in [9.17, 15) is 32.1 Å². The molecule has 0 aliphatic carbocycles. The second-order valence-electron chi connectivity index (χ2n) is 6.33. The Kier molecular flexibility index (Phi) is 6.52. The molecule has 11 heteroatoms. The number of nitro groups is 1. The van der Waals surface area contributed by atoms with E-state index < -0.39 is 38.5 Å². The molecule has 0 spiro atoms. The summed E-state index contributed by atoms with van der Waals surface area (Å²) in [5.41, 5.74) is -0.0132. The molecule has 156 valence electrons. The third-order valence-corrected chi connectivity index (χ3v) is 5.32. The Bertz CT molecular complexity index is 1060. The first-order valence-electron chi connectivity index (χ1n) is 8.46. The van der Waals surface area contributed by atoms with Gasteiger partial charge in [-0.25, -0.2) is 17.2 Å². The number of halogens is 2. The molecule has 0 aliphatic rings. The number of aryl methyl sites for hydroxylation is 1. The summed E-state index contributed by atoms with van der Waals surface area (Å²) in [6.07, 6.45) is 0.892. The second kappa shape index (κ2) is 8.52. The fraction of sp³-hybridized carbons (Fsp3) is 0.278. The van der Waals surface area contributed by atoms with E-state index in [0.717, 1.165) is 34.8 Å². The van der Waals surface area contributed by atoms with Crippen molar-refractivity contribution in [3.8, 4) is 0 Å². The van der Waals surface area contributed by atoms with Crippen LogP contribution < -0.4 is 9.62 Å². The Labute approximate surface area is 166 Å². The van der Waals surface area contributed by atoms with Gasteiger partial charge in [-0.15, -0.1) is 0 Å². The van der Waals surface area contributed by atoms with E-state index in [1.54, 1.807) is 13.8 Å². The van der Waals surface area contributed by atoms with E-state index in [2.05, 4.69) is 5.32 Å². The average molecular weight is 427 g/mol. The Morgan fingerprint density at radius 3 is 2.38 bits per heavy atom. The number of nitrogens with one attached hydrogen (secondary N) is 1. The predicted molar refractivity (Wildman–Crippen MR) is 104 cm³/mol. The number of nitro benzene ring substituents is 1. The van der Waals surface area contributed by atoms with Crippen molar-refractivity contribution in [2.75, 3.05) is 15.9 Å². The van der Waals surface area contributed by atoms with Gasteiger partial charge in [0, 0.05) is 23.9 Å². The summed E-state index contributed by atoms with van der Waals surface area (Å²) in [6.45, 7) is 3.11. The Morgan fingerprint density at radius 1 is 1.21 bits per heavy atom. The fourth-order valence-electron chi connectivity index (χ4n) is 2.78. The van der Waals surface area contributed by atoms with Crippen molar-refractivity contribution in [2.45, 2.75) is 26.3 Å². The second-order valence-corrected chi connectivity index (χ2v) is 8.19. The molecule has 0 saturated heterocycles. The number of nitrogens with zero attached hydrogens (tertiary/aromatic N) is 2. The van der Waals surface area contributed by atoms with Crippen LogP contribution in [-0.2, 0) is 14.8 Å². The zero-order chi connectivity index (χ0) is 21.9. The zero-order valence-corrected chi connectivity index (χ0v) is 16.7. The minimum atomic E-state index is -4.03. The Balaban J connectivity index is 2.49. The molecule has 2 aromatic carbocycles. The van der Waals surface area contributed by atoms with Gasteiger partial charge >= 0.3 is 0 Å². The van der Waals surface area contributed by atoms with Crippen LogP contribution in [0.4, 0.5) is 25.8 Å². The molecule has 2 aromatic rings. The Morgan fingerprint density at radius 2 is 1.86 bits per heavy atom. The number of carbonyl (C=O) groups excluding carboxylic acids is 1. The highest BCUT2D eigenvalue weighted by Gasteiger charge is 2.33. The summed E-state index contributed by atoms with van der Waals surface area (Å²) in [4.78, 5) is 23.2. The van der Waals surface area contributed by atoms with Crippen LogP contribution in [-0.4, -0.2) is 31.5 Å². The van der Waals surface area contributed by atoms with E-state index in [-0.39, 0.29) is 23.5 Å². The van der Waals surface area contributed by atoms with Crippen molar-refractivity contribution in [3.05, 3.63) is 63.7 Å². The molecule has 1 unspecified atom stereocenters. The van der Waals surface area contributed by atoms with E-state index in [1.807, 2.05) is 0 Å². The number of hydrogen-bond acceptors (Lipinski definition) is 5. The van der Waals surface area contributed by atoms with Gasteiger partial charge in [0.2, 0.25) is 15.9 Å². The monoisotopic (exact) mass is 427 g/mol. The van der Waals surface area contributed by atoms with Crippen molar-refractivity contribution < 1.29 is 26.9 Å². The molecule has 0 heterocycles. The lowest BCUT2D eigenvalue weighted by Gasteiger charge is -2.31. The number of carbonyl (C=O) groups is 1. The number of benzene rings is 2. The van der Waals surface area contributed by atoms with Gasteiger partial charge in [0.15, 0.2) is 11.6 Å². The standard InChI is InChI=1S/C18H19F2N3O5S/c1-4-16(18(24)21-12-6-8-14(19)15(20)9-12)22(29(3,27)28)17-10-13(23(25)26)7-5-11(17)2/h5-10,16H,4H2,1-3H3,(H,21,24). The number of anilines is 2. The molecule has 8 nitrogen and oxygen atoms in total. The molecule has 2 rings (SSSR count). The van der Waals surface area contributed by atoms with Crippen LogP contribution in [0.1, 0.15) is 18.9 Å². The van der Waals surface area contributed by atoms with Crippen molar-refractivity contribution in [1.29, 1.82) is 0 Å². The third kappa shape index (κ3) is 5.05. The minimum Gasteiger partial charge on any atom is -0.324 e. The normalized spacial score (nSPS) is 12.3. The highest BCUT2D eigenvalue weighted by Crippen LogP contribution is 2.30. The lowest BCUT2D eigenvalue weighted by Crippen LogP contribution is -2.47. The highest BCUT2D eigenvalue weighted by molar-refractivity contribution is 7.92. The lowest BCUT2D eigenvalue weighted by atomic mass is 10.1. The van der Waals surface area contributed by atoms with Crippen molar-refractivity contribution in [2.24, 2.45) is 0 Å². The topological polar surface area (TPSA) is 110 Å². The highest BCUT2D eigenvalue weighted by atomic mass is 32.2. The summed E-state index contributed by atoms with van der Waals surface area (Å²) >= 11 is 0. The zero-order valence-electron chi connectivity index (χ0n) is 15.8. The van der Waals surface area contributed by atoms with E-state index in [1.165, 1.54) is 12.1 Å². The molecule has 1 N–H and O–H groups in total. The first kappa shape index (κ1) is 22.2. The van der Waals surface area contributed by atoms with Gasteiger partial charge in [0.05, 0.1) is 16.9 Å². The molecule has 0 aromatic heterocycles. The molecule has 29 heavy (non-hydrogen) atoms. The first-order valence-corrected chi connectivity index (χ1v) is 10.3. The molecule has 0 saturated carbocycles. The summed E-state index contributed by atoms with van der Waals surface area (Å²) in [5.74, 6) is -3.07. The van der Waals surface area contributed by atoms with Gasteiger partial charge in [0.25, 0.3) is 5.69 Å². The molecule has 0 aliphatic heterocycles. The van der Waals surface area contributed by atoms with Crippen LogP contribution in [0.5, 0.6) is 0 Å². The van der Waals surface area contributed by atoms with Gasteiger partial charge in [-0.3, -0.25) is 19.2 Å². The number of amides is 1. The quantitative estimate of drug-likeness (QED) is 0.538.